The predicted octanol–water partition coefficient (Wildman–Crippen LogP) is 1.48. The van der Waals surface area contributed by atoms with Crippen LogP contribution in [0.5, 0.6) is 0 Å². The second-order valence-corrected chi connectivity index (χ2v) is 5.11. The summed E-state index contributed by atoms with van der Waals surface area (Å²) < 4.78 is 5.64. The minimum absolute atomic E-state index is 0.0606. The van der Waals surface area contributed by atoms with E-state index in [1.807, 2.05) is 0 Å². The van der Waals surface area contributed by atoms with Crippen LogP contribution in [0.2, 0.25) is 0 Å². The van der Waals surface area contributed by atoms with Crippen molar-refractivity contribution in [3.8, 4) is 0 Å². The molecule has 0 radical (unpaired) electrons. The summed E-state index contributed by atoms with van der Waals surface area (Å²) >= 11 is 0. The van der Waals surface area contributed by atoms with Crippen LogP contribution in [0, 0.1) is 0 Å². The number of aliphatic hydroxyl groups excluding tert-OH is 1. The second kappa shape index (κ2) is 6.32. The smallest absolute Gasteiger partial charge is 0.0964 e. The van der Waals surface area contributed by atoms with Crippen LogP contribution in [0.3, 0.4) is 0 Å². The average molecular weight is 249 g/mol. The molecule has 2 rings (SSSR count). The summed E-state index contributed by atoms with van der Waals surface area (Å²) in [7, 11) is 2.07. The lowest BCUT2D eigenvalue weighted by Gasteiger charge is -2.33. The zero-order chi connectivity index (χ0) is 13.0. The van der Waals surface area contributed by atoms with Gasteiger partial charge in [-0.2, -0.15) is 0 Å². The van der Waals surface area contributed by atoms with Gasteiger partial charge >= 0.3 is 0 Å². The molecular weight excluding hydrogens is 226 g/mol. The van der Waals surface area contributed by atoms with Gasteiger partial charge < -0.3 is 14.7 Å². The van der Waals surface area contributed by atoms with Crippen molar-refractivity contribution >= 4 is 0 Å². The molecule has 3 heteroatoms. The number of benzene rings is 1. The van der Waals surface area contributed by atoms with Crippen molar-refractivity contribution < 1.29 is 9.84 Å². The zero-order valence-electron chi connectivity index (χ0n) is 11.3. The molecule has 1 aliphatic heterocycles. The Morgan fingerprint density at radius 2 is 2.00 bits per heavy atom. The van der Waals surface area contributed by atoms with Crippen LogP contribution < -0.4 is 0 Å². The molecule has 1 fully saturated rings. The highest BCUT2D eigenvalue weighted by molar-refractivity contribution is 5.23. The summed E-state index contributed by atoms with van der Waals surface area (Å²) in [6.45, 7) is 4.63. The fourth-order valence-electron chi connectivity index (χ4n) is 2.33. The monoisotopic (exact) mass is 249 g/mol. The zero-order valence-corrected chi connectivity index (χ0v) is 11.3. The normalized spacial score (nSPS) is 22.9. The van der Waals surface area contributed by atoms with E-state index in [0.29, 0.717) is 13.0 Å². The lowest BCUT2D eigenvalue weighted by Crippen LogP contribution is -2.46. The van der Waals surface area contributed by atoms with Crippen LogP contribution in [0.1, 0.15) is 18.1 Å². The molecule has 0 amide bonds. The Kier molecular flexibility index (Phi) is 4.75. The molecule has 18 heavy (non-hydrogen) atoms. The predicted molar refractivity (Wildman–Crippen MR) is 72.8 cm³/mol. The molecule has 3 nitrogen and oxygen atoms in total. The second-order valence-electron chi connectivity index (χ2n) is 5.11. The third-order valence-electron chi connectivity index (χ3n) is 3.60. The standard InChI is InChI=1S/C15H23NO2/c1-3-12-4-6-13(7-5-12)10-14(17)15-11-16(2)8-9-18-15/h4-7,14-15,17H,3,8-11H2,1-2H3. The van der Waals surface area contributed by atoms with E-state index in [9.17, 15) is 5.11 Å². The van der Waals surface area contributed by atoms with Crippen LogP contribution in [0.15, 0.2) is 24.3 Å². The Morgan fingerprint density at radius 1 is 1.33 bits per heavy atom. The summed E-state index contributed by atoms with van der Waals surface area (Å²) in [5, 5.41) is 10.2. The van der Waals surface area contributed by atoms with Gasteiger partial charge in [0.1, 0.15) is 0 Å². The minimum atomic E-state index is -0.416. The van der Waals surface area contributed by atoms with Crippen LogP contribution in [-0.4, -0.2) is 49.0 Å². The van der Waals surface area contributed by atoms with Gasteiger partial charge in [0.05, 0.1) is 18.8 Å². The molecule has 0 aliphatic carbocycles. The fourth-order valence-corrected chi connectivity index (χ4v) is 2.33. The lowest BCUT2D eigenvalue weighted by molar-refractivity contribution is -0.0823. The van der Waals surface area contributed by atoms with Crippen LogP contribution >= 0.6 is 0 Å². The largest absolute Gasteiger partial charge is 0.390 e. The van der Waals surface area contributed by atoms with E-state index in [0.717, 1.165) is 19.5 Å². The molecule has 0 aromatic heterocycles. The minimum Gasteiger partial charge on any atom is -0.390 e. The lowest BCUT2D eigenvalue weighted by atomic mass is 10.0. The first-order chi connectivity index (χ1) is 8.69. The first kappa shape index (κ1) is 13.5. The molecule has 2 unspecified atom stereocenters. The van der Waals surface area contributed by atoms with Gasteiger partial charge in [-0.1, -0.05) is 31.2 Å². The van der Waals surface area contributed by atoms with Gasteiger partial charge in [-0.05, 0) is 24.6 Å². The van der Waals surface area contributed by atoms with Crippen molar-refractivity contribution in [3.63, 3.8) is 0 Å². The first-order valence-electron chi connectivity index (χ1n) is 6.75. The third-order valence-corrected chi connectivity index (χ3v) is 3.60. The van der Waals surface area contributed by atoms with E-state index in [4.69, 9.17) is 4.74 Å². The SMILES string of the molecule is CCc1ccc(CC(O)C2CN(C)CCO2)cc1. The maximum atomic E-state index is 10.2. The molecule has 1 saturated heterocycles. The van der Waals surface area contributed by atoms with Gasteiger partial charge in [-0.25, -0.2) is 0 Å². The van der Waals surface area contributed by atoms with Crippen molar-refractivity contribution in [3.05, 3.63) is 35.4 Å². The third kappa shape index (κ3) is 3.55. The summed E-state index contributed by atoms with van der Waals surface area (Å²) in [5.41, 5.74) is 2.51. The van der Waals surface area contributed by atoms with E-state index in [1.54, 1.807) is 0 Å². The highest BCUT2D eigenvalue weighted by Crippen LogP contribution is 2.13. The average Bonchev–Trinajstić information content (AvgIpc) is 2.39. The quantitative estimate of drug-likeness (QED) is 0.877. The molecule has 1 aliphatic rings. The van der Waals surface area contributed by atoms with Gasteiger partial charge in [0.25, 0.3) is 0 Å². The number of aliphatic hydroxyl groups is 1. The number of rotatable bonds is 4. The van der Waals surface area contributed by atoms with E-state index in [1.165, 1.54) is 11.1 Å². The Morgan fingerprint density at radius 3 is 2.61 bits per heavy atom. The number of nitrogens with zero attached hydrogens (tertiary/aromatic N) is 1. The van der Waals surface area contributed by atoms with E-state index >= 15 is 0 Å². The highest BCUT2D eigenvalue weighted by atomic mass is 16.5. The van der Waals surface area contributed by atoms with E-state index < -0.39 is 6.10 Å². The van der Waals surface area contributed by atoms with Crippen LogP contribution in [-0.2, 0) is 17.6 Å². The number of ether oxygens (including phenoxy) is 1. The van der Waals surface area contributed by atoms with Crippen LogP contribution in [0.4, 0.5) is 0 Å². The van der Waals surface area contributed by atoms with Gasteiger partial charge in [0.2, 0.25) is 0 Å². The molecule has 1 aromatic carbocycles. The number of hydrogen-bond donors (Lipinski definition) is 1. The summed E-state index contributed by atoms with van der Waals surface area (Å²) in [4.78, 5) is 2.21. The summed E-state index contributed by atoms with van der Waals surface area (Å²) in [5.74, 6) is 0. The van der Waals surface area contributed by atoms with Crippen molar-refractivity contribution in [1.82, 2.24) is 4.90 Å². The topological polar surface area (TPSA) is 32.7 Å². The molecule has 2 atom stereocenters. The van der Waals surface area contributed by atoms with E-state index in [2.05, 4.69) is 43.1 Å². The Hall–Kier alpha value is -0.900. The molecule has 0 saturated carbocycles. The first-order valence-corrected chi connectivity index (χ1v) is 6.75. The van der Waals surface area contributed by atoms with Crippen molar-refractivity contribution in [2.24, 2.45) is 0 Å². The maximum absolute atomic E-state index is 10.2. The van der Waals surface area contributed by atoms with E-state index in [-0.39, 0.29) is 6.10 Å². The van der Waals surface area contributed by atoms with Gasteiger partial charge in [-0.3, -0.25) is 0 Å². The maximum Gasteiger partial charge on any atom is 0.0964 e. The number of hydrogen-bond acceptors (Lipinski definition) is 3. The van der Waals surface area contributed by atoms with Crippen molar-refractivity contribution in [2.75, 3.05) is 26.7 Å². The fraction of sp³-hybridized carbons (Fsp3) is 0.600. The molecule has 0 spiro atoms. The van der Waals surface area contributed by atoms with Crippen molar-refractivity contribution in [1.29, 1.82) is 0 Å². The molecule has 1 heterocycles. The van der Waals surface area contributed by atoms with Gasteiger partial charge in [0, 0.05) is 19.5 Å². The Bertz CT molecular complexity index is 363. The molecule has 100 valence electrons. The number of morpholine rings is 1. The van der Waals surface area contributed by atoms with Crippen LogP contribution in [0.25, 0.3) is 0 Å². The molecule has 1 N–H and O–H groups in total. The number of likely N-dealkylation sites (N-methyl/N-ethyl adjacent to an activating group) is 1. The van der Waals surface area contributed by atoms with Gasteiger partial charge in [-0.15, -0.1) is 0 Å². The van der Waals surface area contributed by atoms with Crippen molar-refractivity contribution in [2.45, 2.75) is 32.0 Å². The number of aryl methyl sites for hydroxylation is 1. The van der Waals surface area contributed by atoms with Gasteiger partial charge in [0.15, 0.2) is 0 Å². The summed E-state index contributed by atoms with van der Waals surface area (Å²) in [6, 6.07) is 8.48. The highest BCUT2D eigenvalue weighted by Gasteiger charge is 2.25. The molecule has 1 aromatic rings. The Balaban J connectivity index is 1.91. The molecule has 0 bridgehead atoms. The molecular formula is C15H23NO2. The Labute approximate surface area is 109 Å². The summed E-state index contributed by atoms with van der Waals surface area (Å²) in [6.07, 6.45) is 1.25.